The number of halogens is 2. The summed E-state index contributed by atoms with van der Waals surface area (Å²) in [6.07, 6.45) is 0. The maximum Gasteiger partial charge on any atom is 0.162 e. The smallest absolute Gasteiger partial charge is 0.162 e. The molecule has 3 rings (SSSR count). The molecule has 0 bridgehead atoms. The number of ether oxygens (including phenoxy) is 2. The van der Waals surface area contributed by atoms with Crippen molar-refractivity contribution >= 4 is 33.2 Å². The van der Waals surface area contributed by atoms with Crippen molar-refractivity contribution in [1.29, 1.82) is 0 Å². The van der Waals surface area contributed by atoms with E-state index in [0.717, 1.165) is 27.0 Å². The predicted octanol–water partition coefficient (Wildman–Crippen LogP) is 7.00. The fourth-order valence-corrected chi connectivity index (χ4v) is 3.29. The third kappa shape index (κ3) is 5.66. The van der Waals surface area contributed by atoms with E-state index in [2.05, 4.69) is 52.4 Å². The molecular weight excluding hydrogens is 438 g/mol. The van der Waals surface area contributed by atoms with Crippen molar-refractivity contribution in [3.05, 3.63) is 86.8 Å². The van der Waals surface area contributed by atoms with Crippen LogP contribution in [0.25, 0.3) is 0 Å². The second-order valence-electron chi connectivity index (χ2n) is 6.46. The summed E-state index contributed by atoms with van der Waals surface area (Å²) in [7, 11) is 0. The van der Waals surface area contributed by atoms with E-state index >= 15 is 0 Å². The van der Waals surface area contributed by atoms with Crippen molar-refractivity contribution in [1.82, 2.24) is 0 Å². The molecule has 5 heteroatoms. The molecule has 0 saturated heterocycles. The zero-order valence-corrected chi connectivity index (χ0v) is 18.3. The van der Waals surface area contributed by atoms with E-state index in [4.69, 9.17) is 21.1 Å². The molecule has 0 heterocycles. The minimum Gasteiger partial charge on any atom is -0.490 e. The lowest BCUT2D eigenvalue weighted by atomic mass is 10.1. The Morgan fingerprint density at radius 2 is 1.61 bits per heavy atom. The van der Waals surface area contributed by atoms with Crippen LogP contribution in [0, 0.1) is 6.92 Å². The lowest BCUT2D eigenvalue weighted by Gasteiger charge is -2.16. The molecule has 0 saturated carbocycles. The molecule has 3 nitrogen and oxygen atoms in total. The molecule has 3 aromatic rings. The summed E-state index contributed by atoms with van der Waals surface area (Å²) >= 11 is 9.60. The molecule has 1 N–H and O–H groups in total. The first-order valence-electron chi connectivity index (χ1n) is 9.18. The molecule has 0 atom stereocenters. The average molecular weight is 461 g/mol. The summed E-state index contributed by atoms with van der Waals surface area (Å²) in [5.74, 6) is 1.45. The molecule has 0 unspecified atom stereocenters. The van der Waals surface area contributed by atoms with Crippen molar-refractivity contribution in [3.63, 3.8) is 0 Å². The Hall–Kier alpha value is -2.17. The quantitative estimate of drug-likeness (QED) is 0.392. The standard InChI is InChI=1S/C23H23BrClNO2/c1-3-27-22-12-18(14-26-20-10-4-16(2)5-11-20)21(24)13-23(22)28-15-17-6-8-19(25)9-7-17/h4-13,26H,3,14-15H2,1-2H3. The second kappa shape index (κ2) is 9.85. The van der Waals surface area contributed by atoms with Gasteiger partial charge < -0.3 is 14.8 Å². The SMILES string of the molecule is CCOc1cc(CNc2ccc(C)cc2)c(Br)cc1OCc1ccc(Cl)cc1. The molecule has 0 aliphatic carbocycles. The maximum atomic E-state index is 6.01. The van der Waals surface area contributed by atoms with Gasteiger partial charge in [-0.2, -0.15) is 0 Å². The summed E-state index contributed by atoms with van der Waals surface area (Å²) in [5.41, 5.74) is 4.47. The monoisotopic (exact) mass is 459 g/mol. The Kier molecular flexibility index (Phi) is 7.24. The van der Waals surface area contributed by atoms with Crippen LogP contribution in [-0.4, -0.2) is 6.61 Å². The molecule has 28 heavy (non-hydrogen) atoms. The Labute approximate surface area is 179 Å². The molecule has 146 valence electrons. The van der Waals surface area contributed by atoms with E-state index in [1.54, 1.807) is 0 Å². The number of rotatable bonds is 8. The Bertz CT molecular complexity index is 911. The van der Waals surface area contributed by atoms with Crippen molar-refractivity contribution in [2.75, 3.05) is 11.9 Å². The van der Waals surface area contributed by atoms with Gasteiger partial charge in [-0.15, -0.1) is 0 Å². The van der Waals surface area contributed by atoms with Gasteiger partial charge >= 0.3 is 0 Å². The molecular formula is C23H23BrClNO2. The topological polar surface area (TPSA) is 30.5 Å². The summed E-state index contributed by atoms with van der Waals surface area (Å²) in [6, 6.07) is 20.0. The normalized spacial score (nSPS) is 10.6. The number of benzene rings is 3. The fourth-order valence-electron chi connectivity index (χ4n) is 2.70. The largest absolute Gasteiger partial charge is 0.490 e. The fraction of sp³-hybridized carbons (Fsp3) is 0.217. The maximum absolute atomic E-state index is 6.01. The number of nitrogens with one attached hydrogen (secondary N) is 1. The molecule has 0 radical (unpaired) electrons. The summed E-state index contributed by atoms with van der Waals surface area (Å²) in [4.78, 5) is 0. The molecule has 0 fully saturated rings. The van der Waals surface area contributed by atoms with Gasteiger partial charge in [-0.1, -0.05) is 57.4 Å². The van der Waals surface area contributed by atoms with Gasteiger partial charge in [0.2, 0.25) is 0 Å². The van der Waals surface area contributed by atoms with Crippen LogP contribution in [0.3, 0.4) is 0 Å². The van der Waals surface area contributed by atoms with Gasteiger partial charge in [0.15, 0.2) is 11.5 Å². The van der Waals surface area contributed by atoms with Crippen LogP contribution in [0.1, 0.15) is 23.6 Å². The highest BCUT2D eigenvalue weighted by atomic mass is 79.9. The van der Waals surface area contributed by atoms with Crippen LogP contribution in [0.15, 0.2) is 65.1 Å². The highest BCUT2D eigenvalue weighted by Gasteiger charge is 2.11. The van der Waals surface area contributed by atoms with Crippen LogP contribution < -0.4 is 14.8 Å². The first-order chi connectivity index (χ1) is 13.5. The van der Waals surface area contributed by atoms with Gasteiger partial charge in [-0.3, -0.25) is 0 Å². The zero-order valence-electron chi connectivity index (χ0n) is 16.0. The predicted molar refractivity (Wildman–Crippen MR) is 120 cm³/mol. The minimum atomic E-state index is 0.449. The molecule has 0 amide bonds. The average Bonchev–Trinajstić information content (AvgIpc) is 2.69. The van der Waals surface area contributed by atoms with E-state index in [1.165, 1.54) is 5.56 Å². The van der Waals surface area contributed by atoms with Gasteiger partial charge in [0.25, 0.3) is 0 Å². The lowest BCUT2D eigenvalue weighted by Crippen LogP contribution is -2.04. The van der Waals surface area contributed by atoms with E-state index in [1.807, 2.05) is 43.3 Å². The highest BCUT2D eigenvalue weighted by molar-refractivity contribution is 9.10. The van der Waals surface area contributed by atoms with Crippen LogP contribution in [0.2, 0.25) is 5.02 Å². The zero-order chi connectivity index (χ0) is 19.9. The second-order valence-corrected chi connectivity index (χ2v) is 7.75. The third-order valence-electron chi connectivity index (χ3n) is 4.25. The molecule has 0 spiro atoms. The molecule has 0 aromatic heterocycles. The number of anilines is 1. The van der Waals surface area contributed by atoms with E-state index in [-0.39, 0.29) is 0 Å². The van der Waals surface area contributed by atoms with Crippen molar-refractivity contribution in [3.8, 4) is 11.5 Å². The molecule has 0 aliphatic heterocycles. The molecule has 3 aromatic carbocycles. The Morgan fingerprint density at radius 3 is 2.29 bits per heavy atom. The highest BCUT2D eigenvalue weighted by Crippen LogP contribution is 2.35. The number of aryl methyl sites for hydroxylation is 1. The lowest BCUT2D eigenvalue weighted by molar-refractivity contribution is 0.269. The van der Waals surface area contributed by atoms with Crippen LogP contribution in [-0.2, 0) is 13.2 Å². The van der Waals surface area contributed by atoms with Gasteiger partial charge in [0.05, 0.1) is 6.61 Å². The Balaban J connectivity index is 1.72. The minimum absolute atomic E-state index is 0.449. The number of hydrogen-bond donors (Lipinski definition) is 1. The van der Waals surface area contributed by atoms with Gasteiger partial charge in [-0.05, 0) is 61.4 Å². The Morgan fingerprint density at radius 1 is 0.929 bits per heavy atom. The summed E-state index contributed by atoms with van der Waals surface area (Å²) < 4.78 is 12.8. The van der Waals surface area contributed by atoms with Gasteiger partial charge in [0.1, 0.15) is 6.61 Å². The van der Waals surface area contributed by atoms with Crippen LogP contribution >= 0.6 is 27.5 Å². The number of hydrogen-bond acceptors (Lipinski definition) is 3. The van der Waals surface area contributed by atoms with Crippen molar-refractivity contribution in [2.45, 2.75) is 27.0 Å². The summed E-state index contributed by atoms with van der Waals surface area (Å²) in [6.45, 7) is 5.75. The first-order valence-corrected chi connectivity index (χ1v) is 10.3. The van der Waals surface area contributed by atoms with Crippen molar-refractivity contribution < 1.29 is 9.47 Å². The van der Waals surface area contributed by atoms with E-state index in [0.29, 0.717) is 30.5 Å². The first kappa shape index (κ1) is 20.6. The third-order valence-corrected chi connectivity index (χ3v) is 5.24. The summed E-state index contributed by atoms with van der Waals surface area (Å²) in [5, 5.41) is 4.16. The van der Waals surface area contributed by atoms with Crippen LogP contribution in [0.4, 0.5) is 5.69 Å². The van der Waals surface area contributed by atoms with E-state index < -0.39 is 0 Å². The van der Waals surface area contributed by atoms with Crippen LogP contribution in [0.5, 0.6) is 11.5 Å². The van der Waals surface area contributed by atoms with Gasteiger partial charge in [-0.25, -0.2) is 0 Å². The van der Waals surface area contributed by atoms with E-state index in [9.17, 15) is 0 Å². The van der Waals surface area contributed by atoms with Crippen molar-refractivity contribution in [2.24, 2.45) is 0 Å². The van der Waals surface area contributed by atoms with Gasteiger partial charge in [0, 0.05) is 21.7 Å². The molecule has 0 aliphatic rings.